The van der Waals surface area contributed by atoms with Crippen molar-refractivity contribution < 1.29 is 19.2 Å². The second-order valence-corrected chi connectivity index (χ2v) is 11.0. The highest BCUT2D eigenvalue weighted by Crippen LogP contribution is 2.67. The predicted octanol–water partition coefficient (Wildman–Crippen LogP) is 5.21. The summed E-state index contributed by atoms with van der Waals surface area (Å²) in [7, 11) is 3.27. The van der Waals surface area contributed by atoms with E-state index in [2.05, 4.69) is 31.1 Å². The number of nitrogens with zero attached hydrogens (tertiary/aromatic N) is 2. The van der Waals surface area contributed by atoms with E-state index in [4.69, 9.17) is 14.4 Å². The third-order valence-corrected chi connectivity index (χ3v) is 9.67. The lowest BCUT2D eigenvalue weighted by Crippen LogP contribution is -2.54. The van der Waals surface area contributed by atoms with E-state index in [-0.39, 0.29) is 23.4 Å². The minimum atomic E-state index is -0.134. The van der Waals surface area contributed by atoms with Crippen molar-refractivity contribution in [2.45, 2.75) is 85.2 Å². The summed E-state index contributed by atoms with van der Waals surface area (Å²) in [6.07, 6.45) is 9.32. The lowest BCUT2D eigenvalue weighted by Gasteiger charge is -2.60. The molecule has 0 radical (unpaired) electrons. The third-order valence-electron chi connectivity index (χ3n) is 9.67. The number of ether oxygens (including phenoxy) is 1. The van der Waals surface area contributed by atoms with Gasteiger partial charge in [0.05, 0.1) is 11.4 Å². The number of rotatable bonds is 4. The first-order valence-corrected chi connectivity index (χ1v) is 12.1. The molecule has 0 amide bonds. The molecule has 0 unspecified atom stereocenters. The molecule has 4 saturated carbocycles. The summed E-state index contributed by atoms with van der Waals surface area (Å²) in [5, 5.41) is 8.81. The van der Waals surface area contributed by atoms with Gasteiger partial charge in [0.1, 0.15) is 20.3 Å². The van der Waals surface area contributed by atoms with Crippen LogP contribution in [0.4, 0.5) is 0 Å². The average Bonchev–Trinajstić information content (AvgIpc) is 3.00. The van der Waals surface area contributed by atoms with E-state index in [9.17, 15) is 4.79 Å². The Labute approximate surface area is 187 Å². The van der Waals surface area contributed by atoms with Gasteiger partial charge in [0.25, 0.3) is 0 Å². The van der Waals surface area contributed by atoms with Gasteiger partial charge in [-0.25, -0.2) is 0 Å². The van der Waals surface area contributed by atoms with Gasteiger partial charge in [-0.1, -0.05) is 24.2 Å². The minimum absolute atomic E-state index is 0.116. The molecule has 31 heavy (non-hydrogen) atoms. The van der Waals surface area contributed by atoms with Gasteiger partial charge in [-0.3, -0.25) is 4.79 Å². The van der Waals surface area contributed by atoms with Crippen LogP contribution in [0.5, 0.6) is 0 Å². The zero-order chi connectivity index (χ0) is 22.4. The molecule has 0 aliphatic heterocycles. The zero-order valence-electron chi connectivity index (χ0n) is 20.1. The Morgan fingerprint density at radius 3 is 2.39 bits per heavy atom. The number of hydrogen-bond acceptors (Lipinski definition) is 6. The fourth-order valence-electron chi connectivity index (χ4n) is 8.50. The highest BCUT2D eigenvalue weighted by molar-refractivity contribution is 6.08. The van der Waals surface area contributed by atoms with Crippen molar-refractivity contribution in [3.8, 4) is 0 Å². The number of hydrogen-bond donors (Lipinski definition) is 0. The number of carbonyl (C=O) groups is 1. The number of fused-ring (bicyclic) bond motifs is 5. The van der Waals surface area contributed by atoms with Crippen molar-refractivity contribution >= 4 is 17.4 Å². The summed E-state index contributed by atoms with van der Waals surface area (Å²) >= 11 is 0. The van der Waals surface area contributed by atoms with Gasteiger partial charge in [0.2, 0.25) is 0 Å². The van der Waals surface area contributed by atoms with Crippen molar-refractivity contribution in [3.63, 3.8) is 0 Å². The molecule has 0 aromatic heterocycles. The van der Waals surface area contributed by atoms with Gasteiger partial charge < -0.3 is 14.4 Å². The second kappa shape index (κ2) is 8.40. The highest BCUT2D eigenvalue weighted by Gasteiger charge is 2.62. The molecule has 6 nitrogen and oxygen atoms in total. The van der Waals surface area contributed by atoms with Crippen molar-refractivity contribution in [1.29, 1.82) is 0 Å². The summed E-state index contributed by atoms with van der Waals surface area (Å²) < 4.78 is 5.62. The molecule has 0 heterocycles. The second-order valence-electron chi connectivity index (χ2n) is 11.0. The van der Waals surface area contributed by atoms with Gasteiger partial charge in [-0.15, -0.1) is 0 Å². The van der Waals surface area contributed by atoms with Crippen LogP contribution in [-0.4, -0.2) is 37.7 Å². The molecule has 0 saturated heterocycles. The molecule has 8 atom stereocenters. The smallest absolute Gasteiger partial charge is 0.302 e. The number of esters is 1. The maximum absolute atomic E-state index is 11.5. The van der Waals surface area contributed by atoms with Gasteiger partial charge in [0.15, 0.2) is 0 Å². The molecule has 4 aliphatic rings. The van der Waals surface area contributed by atoms with Gasteiger partial charge in [0, 0.05) is 12.8 Å². The Balaban J connectivity index is 1.60. The molecule has 4 aliphatic carbocycles. The average molecular weight is 433 g/mol. The molecule has 0 spiro atoms. The summed E-state index contributed by atoms with van der Waals surface area (Å²) in [6, 6.07) is 0. The zero-order valence-corrected chi connectivity index (χ0v) is 20.1. The maximum Gasteiger partial charge on any atom is 0.302 e. The van der Waals surface area contributed by atoms with Crippen LogP contribution in [-0.2, 0) is 19.2 Å². The molecule has 0 aromatic rings. The molecule has 4 fully saturated rings. The van der Waals surface area contributed by atoms with Crippen LogP contribution in [0.1, 0.15) is 79.1 Å². The van der Waals surface area contributed by atoms with Crippen LogP contribution in [0.25, 0.3) is 0 Å². The van der Waals surface area contributed by atoms with E-state index in [1.54, 1.807) is 14.2 Å². The van der Waals surface area contributed by atoms with Crippen LogP contribution in [0.15, 0.2) is 10.3 Å². The lowest BCUT2D eigenvalue weighted by molar-refractivity contribution is -0.159. The van der Waals surface area contributed by atoms with Crippen LogP contribution >= 0.6 is 0 Å². The number of oxime groups is 2. The van der Waals surface area contributed by atoms with Crippen LogP contribution in [0.3, 0.4) is 0 Å². The fraction of sp³-hybridized carbons (Fsp3) is 0.880. The first kappa shape index (κ1) is 22.6. The topological polar surface area (TPSA) is 69.5 Å². The molecule has 4 rings (SSSR count). The van der Waals surface area contributed by atoms with Gasteiger partial charge >= 0.3 is 5.97 Å². The monoisotopic (exact) mass is 432 g/mol. The minimum Gasteiger partial charge on any atom is -0.463 e. The molecule has 0 N–H and O–H groups in total. The standard InChI is InChI=1S/C25H40N2O4/c1-15(26-29-5)23-22(27-30-6)14-21-19-8-7-17-13-18(31-16(2)28)9-11-24(17,3)20(19)10-12-25(21,23)4/h17-21,23H,7-14H2,1-6H3/b26-15-,27-22+/t17-,18-,19-,20+,21+,23+,24-,25+/m0/s1. The third kappa shape index (κ3) is 3.68. The number of carbonyl (C=O) groups excluding carboxylic acids is 1. The normalized spacial score (nSPS) is 46.0. The predicted molar refractivity (Wildman–Crippen MR) is 121 cm³/mol. The first-order chi connectivity index (χ1) is 14.7. The molecule has 0 bridgehead atoms. The van der Waals surface area contributed by atoms with E-state index < -0.39 is 0 Å². The Morgan fingerprint density at radius 1 is 0.968 bits per heavy atom. The van der Waals surface area contributed by atoms with Crippen molar-refractivity contribution in [2.75, 3.05) is 14.2 Å². The largest absolute Gasteiger partial charge is 0.463 e. The Bertz CT molecular complexity index is 765. The van der Waals surface area contributed by atoms with Crippen LogP contribution in [0, 0.1) is 40.4 Å². The SMILES string of the molecule is CO/N=C(/C)[C@@H]1/C(=N/OC)C[C@@H]2[C@H]3CC[C@H]4C[C@@H](OC(C)=O)CC[C@]4(C)[C@@H]3CC[C@@]12C. The molecular weight excluding hydrogens is 392 g/mol. The Kier molecular flexibility index (Phi) is 6.12. The highest BCUT2D eigenvalue weighted by atomic mass is 16.6. The van der Waals surface area contributed by atoms with Crippen molar-refractivity contribution in [2.24, 2.45) is 50.7 Å². The van der Waals surface area contributed by atoms with E-state index in [0.29, 0.717) is 23.2 Å². The Hall–Kier alpha value is -1.59. The molecular formula is C25H40N2O4. The van der Waals surface area contributed by atoms with Crippen LogP contribution in [0.2, 0.25) is 0 Å². The van der Waals surface area contributed by atoms with Gasteiger partial charge in [-0.2, -0.15) is 0 Å². The summed E-state index contributed by atoms with van der Waals surface area (Å²) in [5.74, 6) is 2.79. The van der Waals surface area contributed by atoms with E-state index >= 15 is 0 Å². The summed E-state index contributed by atoms with van der Waals surface area (Å²) in [4.78, 5) is 21.9. The maximum atomic E-state index is 11.5. The van der Waals surface area contributed by atoms with E-state index in [1.807, 2.05) is 0 Å². The molecule has 0 aromatic carbocycles. The van der Waals surface area contributed by atoms with E-state index in [0.717, 1.165) is 36.6 Å². The van der Waals surface area contributed by atoms with Crippen molar-refractivity contribution in [3.05, 3.63) is 0 Å². The van der Waals surface area contributed by atoms with Crippen molar-refractivity contribution in [1.82, 2.24) is 0 Å². The molecule has 6 heteroatoms. The van der Waals surface area contributed by atoms with Gasteiger partial charge in [-0.05, 0) is 92.8 Å². The Morgan fingerprint density at radius 2 is 1.71 bits per heavy atom. The summed E-state index contributed by atoms with van der Waals surface area (Å²) in [5.41, 5.74) is 2.67. The summed E-state index contributed by atoms with van der Waals surface area (Å²) in [6.45, 7) is 8.61. The fourth-order valence-corrected chi connectivity index (χ4v) is 8.50. The first-order valence-electron chi connectivity index (χ1n) is 12.1. The lowest BCUT2D eigenvalue weighted by atomic mass is 9.44. The quantitative estimate of drug-likeness (QED) is 0.347. The van der Waals surface area contributed by atoms with E-state index in [1.165, 1.54) is 39.0 Å². The van der Waals surface area contributed by atoms with Crippen LogP contribution < -0.4 is 0 Å². The molecule has 174 valence electrons.